The third-order valence-corrected chi connectivity index (χ3v) is 5.58. The largest absolute Gasteiger partial charge is 0.394 e. The van der Waals surface area contributed by atoms with Crippen LogP contribution in [0.15, 0.2) is 30.3 Å². The van der Waals surface area contributed by atoms with E-state index in [1.54, 1.807) is 0 Å². The van der Waals surface area contributed by atoms with Gasteiger partial charge in [-0.2, -0.15) is 0 Å². The van der Waals surface area contributed by atoms with E-state index in [0.717, 1.165) is 11.3 Å². The molecule has 0 amide bonds. The number of hydrogen-bond acceptors (Lipinski definition) is 7. The normalized spacial score (nSPS) is 34.1. The third kappa shape index (κ3) is 3.88. The van der Waals surface area contributed by atoms with Crippen LogP contribution >= 0.6 is 21.6 Å². The van der Waals surface area contributed by atoms with Crippen LogP contribution in [0.4, 0.5) is 0 Å². The highest BCUT2D eigenvalue weighted by Crippen LogP contribution is 2.37. The van der Waals surface area contributed by atoms with Crippen molar-refractivity contribution in [2.45, 2.75) is 35.6 Å². The second-order valence-corrected chi connectivity index (χ2v) is 7.01. The summed E-state index contributed by atoms with van der Waals surface area (Å²) < 4.78 is 5.40. The van der Waals surface area contributed by atoms with E-state index in [1.165, 1.54) is 21.6 Å². The van der Waals surface area contributed by atoms with Gasteiger partial charge in [0.25, 0.3) is 0 Å². The van der Waals surface area contributed by atoms with Crippen LogP contribution in [0.25, 0.3) is 0 Å². The summed E-state index contributed by atoms with van der Waals surface area (Å²) >= 11 is 0. The Morgan fingerprint density at radius 2 is 1.70 bits per heavy atom. The molecule has 20 heavy (non-hydrogen) atoms. The molecule has 5 atom stereocenters. The lowest BCUT2D eigenvalue weighted by molar-refractivity contribution is -0.205. The number of aliphatic hydroxyl groups excluding tert-OH is 4. The van der Waals surface area contributed by atoms with E-state index in [2.05, 4.69) is 0 Å². The molecule has 2 rings (SSSR count). The highest BCUT2D eigenvalue weighted by molar-refractivity contribution is 8.76. The molecule has 0 radical (unpaired) electrons. The maximum Gasteiger partial charge on any atom is 0.142 e. The summed E-state index contributed by atoms with van der Waals surface area (Å²) in [6.07, 6.45) is -4.63. The summed E-state index contributed by atoms with van der Waals surface area (Å²) in [7, 11) is 2.78. The molecular weight excluding hydrogens is 300 g/mol. The fourth-order valence-electron chi connectivity index (χ4n) is 1.89. The maximum absolute atomic E-state index is 9.87. The van der Waals surface area contributed by atoms with Gasteiger partial charge in [0.15, 0.2) is 0 Å². The molecule has 7 heteroatoms. The second kappa shape index (κ2) is 7.65. The van der Waals surface area contributed by atoms with Crippen molar-refractivity contribution in [3.63, 3.8) is 0 Å². The molecule has 0 aliphatic carbocycles. The van der Waals surface area contributed by atoms with E-state index in [-0.39, 0.29) is 0 Å². The number of aliphatic hydroxyl groups is 4. The van der Waals surface area contributed by atoms with E-state index in [1.807, 2.05) is 30.3 Å². The maximum atomic E-state index is 9.87. The number of hydrogen-bond donors (Lipinski definition) is 4. The first-order valence-electron chi connectivity index (χ1n) is 6.26. The van der Waals surface area contributed by atoms with Crippen molar-refractivity contribution < 1.29 is 25.2 Å². The third-order valence-electron chi connectivity index (χ3n) is 3.08. The molecule has 112 valence electrons. The topological polar surface area (TPSA) is 90.2 Å². The summed E-state index contributed by atoms with van der Waals surface area (Å²) in [6, 6.07) is 9.85. The zero-order valence-electron chi connectivity index (χ0n) is 10.7. The lowest BCUT2D eigenvalue weighted by atomic mass is 10.0. The Kier molecular flexibility index (Phi) is 6.16. The molecule has 0 aromatic heterocycles. The summed E-state index contributed by atoms with van der Waals surface area (Å²) in [5.74, 6) is 0.737. The predicted molar refractivity (Wildman–Crippen MR) is 79.1 cm³/mol. The Morgan fingerprint density at radius 1 is 1.00 bits per heavy atom. The molecule has 0 saturated carbocycles. The smallest absolute Gasteiger partial charge is 0.142 e. The van der Waals surface area contributed by atoms with Gasteiger partial charge in [-0.15, -0.1) is 0 Å². The molecule has 1 aliphatic rings. The van der Waals surface area contributed by atoms with Gasteiger partial charge in [-0.3, -0.25) is 0 Å². The van der Waals surface area contributed by atoms with Crippen molar-refractivity contribution in [2.24, 2.45) is 0 Å². The Labute approximate surface area is 125 Å². The van der Waals surface area contributed by atoms with Gasteiger partial charge in [0, 0.05) is 5.75 Å². The van der Waals surface area contributed by atoms with Crippen LogP contribution in [0, 0.1) is 0 Å². The van der Waals surface area contributed by atoms with Crippen LogP contribution in [0.1, 0.15) is 5.56 Å². The quantitative estimate of drug-likeness (QED) is 0.583. The predicted octanol–water partition coefficient (Wildman–Crippen LogP) is 0.368. The van der Waals surface area contributed by atoms with Gasteiger partial charge >= 0.3 is 0 Å². The van der Waals surface area contributed by atoms with Crippen molar-refractivity contribution in [3.8, 4) is 0 Å². The first-order chi connectivity index (χ1) is 9.63. The van der Waals surface area contributed by atoms with Crippen LogP contribution in [-0.4, -0.2) is 56.9 Å². The Bertz CT molecular complexity index is 403. The minimum Gasteiger partial charge on any atom is -0.394 e. The van der Waals surface area contributed by atoms with Gasteiger partial charge in [-0.1, -0.05) is 51.9 Å². The molecule has 1 aliphatic heterocycles. The molecule has 1 saturated heterocycles. The fourth-order valence-corrected chi connectivity index (χ4v) is 4.38. The molecule has 1 aromatic carbocycles. The Balaban J connectivity index is 1.85. The fraction of sp³-hybridized carbons (Fsp3) is 0.538. The van der Waals surface area contributed by atoms with Crippen LogP contribution in [0.5, 0.6) is 0 Å². The van der Waals surface area contributed by atoms with Crippen LogP contribution in [-0.2, 0) is 10.5 Å². The van der Waals surface area contributed by atoms with E-state index in [0.29, 0.717) is 0 Å². The summed E-state index contributed by atoms with van der Waals surface area (Å²) in [4.78, 5) is 0. The molecular formula is C13H18O5S2. The van der Waals surface area contributed by atoms with Crippen molar-refractivity contribution in [3.05, 3.63) is 35.9 Å². The van der Waals surface area contributed by atoms with Gasteiger partial charge in [0.05, 0.1) is 6.61 Å². The number of benzene rings is 1. The van der Waals surface area contributed by atoms with Crippen molar-refractivity contribution in [1.82, 2.24) is 0 Å². The van der Waals surface area contributed by atoms with Crippen LogP contribution in [0.2, 0.25) is 0 Å². The SMILES string of the molecule is OC[C@H]1O[C@H](SSCc2ccccc2)[C@@H](O)[C@@H](O)[C@@H]1O. The van der Waals surface area contributed by atoms with E-state index in [4.69, 9.17) is 9.84 Å². The van der Waals surface area contributed by atoms with E-state index >= 15 is 0 Å². The van der Waals surface area contributed by atoms with Gasteiger partial charge in [0.2, 0.25) is 0 Å². The second-order valence-electron chi connectivity index (χ2n) is 4.54. The zero-order valence-corrected chi connectivity index (χ0v) is 12.3. The number of ether oxygens (including phenoxy) is 1. The Hall–Kier alpha value is -0.280. The lowest BCUT2D eigenvalue weighted by Gasteiger charge is -2.39. The minimum absolute atomic E-state index is 0.397. The summed E-state index contributed by atoms with van der Waals surface area (Å²) in [5.41, 5.74) is 0.467. The summed E-state index contributed by atoms with van der Waals surface area (Å²) in [5, 5.41) is 38.3. The van der Waals surface area contributed by atoms with Gasteiger partial charge in [0.1, 0.15) is 29.9 Å². The standard InChI is InChI=1S/C13H18O5S2/c14-6-9-10(15)11(16)12(17)13(18-9)20-19-7-8-4-2-1-3-5-8/h1-5,9-17H,6-7H2/t9-,10-,11+,12+,13-/m1/s1. The lowest BCUT2D eigenvalue weighted by Crippen LogP contribution is -2.57. The highest BCUT2D eigenvalue weighted by atomic mass is 33.1. The first kappa shape index (κ1) is 16.1. The first-order valence-corrected chi connectivity index (χ1v) is 8.64. The molecule has 0 unspecified atom stereocenters. The molecule has 5 nitrogen and oxygen atoms in total. The minimum atomic E-state index is -1.31. The molecule has 1 fully saturated rings. The molecule has 1 aromatic rings. The van der Waals surface area contributed by atoms with E-state index < -0.39 is 36.5 Å². The zero-order chi connectivity index (χ0) is 14.5. The summed E-state index contributed by atoms with van der Waals surface area (Å²) in [6.45, 7) is -0.397. The van der Waals surface area contributed by atoms with Gasteiger partial charge in [-0.25, -0.2) is 0 Å². The average Bonchev–Trinajstić information content (AvgIpc) is 2.48. The van der Waals surface area contributed by atoms with Crippen molar-refractivity contribution in [1.29, 1.82) is 0 Å². The van der Waals surface area contributed by atoms with Gasteiger partial charge in [-0.05, 0) is 5.56 Å². The Morgan fingerprint density at radius 3 is 2.35 bits per heavy atom. The molecule has 1 heterocycles. The number of rotatable bonds is 5. The van der Waals surface area contributed by atoms with Gasteiger partial charge < -0.3 is 25.2 Å². The highest BCUT2D eigenvalue weighted by Gasteiger charge is 2.43. The van der Waals surface area contributed by atoms with Crippen molar-refractivity contribution >= 4 is 21.6 Å². The molecule has 0 bridgehead atoms. The average molecular weight is 318 g/mol. The van der Waals surface area contributed by atoms with Crippen molar-refractivity contribution in [2.75, 3.05) is 6.61 Å². The molecule has 0 spiro atoms. The van der Waals surface area contributed by atoms with Crippen LogP contribution in [0.3, 0.4) is 0 Å². The monoisotopic (exact) mass is 318 g/mol. The van der Waals surface area contributed by atoms with E-state index in [9.17, 15) is 15.3 Å². The van der Waals surface area contributed by atoms with Crippen LogP contribution < -0.4 is 0 Å². The molecule has 4 N–H and O–H groups in total.